The third-order valence-electron chi connectivity index (χ3n) is 2.45. The zero-order valence-corrected chi connectivity index (χ0v) is 9.64. The highest BCUT2D eigenvalue weighted by Crippen LogP contribution is 2.22. The molecule has 1 amide bonds. The van der Waals surface area contributed by atoms with Gasteiger partial charge in [0.2, 0.25) is 0 Å². The molecule has 2 N–H and O–H groups in total. The highest BCUT2D eigenvalue weighted by atomic mass is 16.3. The topological polar surface area (TPSA) is 67.2 Å². The molecule has 0 bridgehead atoms. The summed E-state index contributed by atoms with van der Waals surface area (Å²) >= 11 is 0. The number of aromatic nitrogens is 2. The average molecular weight is 231 g/mol. The lowest BCUT2D eigenvalue weighted by Gasteiger charge is -2.06. The molecule has 0 aliphatic carbocycles. The van der Waals surface area contributed by atoms with Crippen molar-refractivity contribution in [3.05, 3.63) is 41.7 Å². The molecule has 88 valence electrons. The van der Waals surface area contributed by atoms with E-state index >= 15 is 0 Å². The van der Waals surface area contributed by atoms with Gasteiger partial charge in [-0.15, -0.1) is 0 Å². The van der Waals surface area contributed by atoms with Crippen LogP contribution in [-0.2, 0) is 7.05 Å². The minimum Gasteiger partial charge on any atom is -0.507 e. The summed E-state index contributed by atoms with van der Waals surface area (Å²) in [5, 5.41) is 16.4. The van der Waals surface area contributed by atoms with E-state index in [0.717, 1.165) is 0 Å². The number of phenolic OH excluding ortho intramolecular Hbond substituents is 1. The van der Waals surface area contributed by atoms with Crippen LogP contribution >= 0.6 is 0 Å². The Morgan fingerprint density at radius 1 is 1.47 bits per heavy atom. The Morgan fingerprint density at radius 2 is 2.24 bits per heavy atom. The van der Waals surface area contributed by atoms with Crippen LogP contribution in [0.25, 0.3) is 0 Å². The van der Waals surface area contributed by atoms with Crippen molar-refractivity contribution in [2.24, 2.45) is 7.05 Å². The lowest BCUT2D eigenvalue weighted by molar-refractivity contribution is 0.102. The van der Waals surface area contributed by atoms with Crippen LogP contribution in [0.15, 0.2) is 30.6 Å². The number of nitrogens with zero attached hydrogens (tertiary/aromatic N) is 2. The van der Waals surface area contributed by atoms with E-state index in [9.17, 15) is 9.90 Å². The zero-order valence-electron chi connectivity index (χ0n) is 9.64. The van der Waals surface area contributed by atoms with Gasteiger partial charge in [0.05, 0.1) is 17.4 Å². The number of nitrogens with one attached hydrogen (secondary N) is 1. The molecule has 0 radical (unpaired) electrons. The maximum absolute atomic E-state index is 11.9. The quantitative estimate of drug-likeness (QED) is 0.826. The van der Waals surface area contributed by atoms with Crippen molar-refractivity contribution in [2.45, 2.75) is 6.92 Å². The molecule has 0 aliphatic rings. The first kappa shape index (κ1) is 11.2. The first-order chi connectivity index (χ1) is 8.08. The molecule has 5 nitrogen and oxygen atoms in total. The normalized spacial score (nSPS) is 10.2. The maximum atomic E-state index is 11.9. The van der Waals surface area contributed by atoms with Crippen molar-refractivity contribution in [1.29, 1.82) is 0 Å². The minimum atomic E-state index is -0.348. The van der Waals surface area contributed by atoms with E-state index in [1.165, 1.54) is 0 Å². The van der Waals surface area contributed by atoms with Crippen LogP contribution in [0.4, 0.5) is 5.69 Å². The molecular formula is C12H13N3O2. The summed E-state index contributed by atoms with van der Waals surface area (Å²) in [4.78, 5) is 11.9. The molecule has 1 heterocycles. The van der Waals surface area contributed by atoms with Gasteiger partial charge in [-0.3, -0.25) is 9.48 Å². The summed E-state index contributed by atoms with van der Waals surface area (Å²) in [6.07, 6.45) is 3.23. The summed E-state index contributed by atoms with van der Waals surface area (Å²) in [6, 6.07) is 5.05. The second kappa shape index (κ2) is 4.29. The van der Waals surface area contributed by atoms with Gasteiger partial charge in [0, 0.05) is 13.2 Å². The molecule has 0 atom stereocenters. The van der Waals surface area contributed by atoms with Crippen LogP contribution in [0.2, 0.25) is 0 Å². The second-order valence-corrected chi connectivity index (χ2v) is 3.83. The number of aryl methyl sites for hydroxylation is 2. The molecule has 0 saturated carbocycles. The van der Waals surface area contributed by atoms with Crippen LogP contribution in [0.1, 0.15) is 15.9 Å². The van der Waals surface area contributed by atoms with Crippen molar-refractivity contribution in [3.8, 4) is 5.75 Å². The first-order valence-electron chi connectivity index (χ1n) is 5.16. The third kappa shape index (κ3) is 2.28. The summed E-state index contributed by atoms with van der Waals surface area (Å²) in [6.45, 7) is 1.75. The monoisotopic (exact) mass is 231 g/mol. The predicted octanol–water partition coefficient (Wildman–Crippen LogP) is 1.69. The van der Waals surface area contributed by atoms with Gasteiger partial charge in [0.25, 0.3) is 5.91 Å². The molecule has 2 rings (SSSR count). The lowest BCUT2D eigenvalue weighted by Crippen LogP contribution is -2.11. The number of carbonyl (C=O) groups excluding carboxylic acids is 1. The SMILES string of the molecule is Cc1cccc(C(=O)Nc2cnn(C)c2)c1O. The number of benzene rings is 1. The molecule has 0 aliphatic heterocycles. The first-order valence-corrected chi connectivity index (χ1v) is 5.16. The Kier molecular flexibility index (Phi) is 2.82. The van der Waals surface area contributed by atoms with Gasteiger partial charge in [0.1, 0.15) is 5.75 Å². The molecule has 0 saturated heterocycles. The van der Waals surface area contributed by atoms with Gasteiger partial charge in [-0.1, -0.05) is 12.1 Å². The van der Waals surface area contributed by atoms with E-state index in [1.54, 1.807) is 49.2 Å². The molecule has 5 heteroatoms. The van der Waals surface area contributed by atoms with Crippen molar-refractivity contribution < 1.29 is 9.90 Å². The standard InChI is InChI=1S/C12H13N3O2/c1-8-4-3-5-10(11(8)16)12(17)14-9-6-13-15(2)7-9/h3-7,16H,1-2H3,(H,14,17). The van der Waals surface area contributed by atoms with Gasteiger partial charge in [-0.25, -0.2) is 0 Å². The average Bonchev–Trinajstić information content (AvgIpc) is 2.68. The van der Waals surface area contributed by atoms with E-state index in [2.05, 4.69) is 10.4 Å². The van der Waals surface area contributed by atoms with Crippen LogP contribution in [0.3, 0.4) is 0 Å². The van der Waals surface area contributed by atoms with Crippen LogP contribution in [0, 0.1) is 6.92 Å². The number of hydrogen-bond acceptors (Lipinski definition) is 3. The number of anilines is 1. The fourth-order valence-corrected chi connectivity index (χ4v) is 1.53. The Labute approximate surface area is 98.7 Å². The van der Waals surface area contributed by atoms with Gasteiger partial charge in [-0.05, 0) is 18.6 Å². The molecule has 0 fully saturated rings. The number of hydrogen-bond donors (Lipinski definition) is 2. The summed E-state index contributed by atoms with van der Waals surface area (Å²) in [5.74, 6) is -0.340. The lowest BCUT2D eigenvalue weighted by atomic mass is 10.1. The van der Waals surface area contributed by atoms with E-state index in [0.29, 0.717) is 11.3 Å². The number of rotatable bonds is 2. The highest BCUT2D eigenvalue weighted by molar-refractivity contribution is 6.06. The van der Waals surface area contributed by atoms with Crippen molar-refractivity contribution >= 4 is 11.6 Å². The molecule has 0 spiro atoms. The number of phenols is 1. The Morgan fingerprint density at radius 3 is 2.88 bits per heavy atom. The molecule has 1 aromatic carbocycles. The number of carbonyl (C=O) groups is 1. The molecule has 17 heavy (non-hydrogen) atoms. The maximum Gasteiger partial charge on any atom is 0.259 e. The van der Waals surface area contributed by atoms with E-state index in [1.807, 2.05) is 0 Å². The minimum absolute atomic E-state index is 0.00823. The van der Waals surface area contributed by atoms with Crippen LogP contribution < -0.4 is 5.32 Å². The highest BCUT2D eigenvalue weighted by Gasteiger charge is 2.12. The Hall–Kier alpha value is -2.30. The fourth-order valence-electron chi connectivity index (χ4n) is 1.53. The van der Waals surface area contributed by atoms with Gasteiger partial charge in [-0.2, -0.15) is 5.10 Å². The molecule has 2 aromatic rings. The zero-order chi connectivity index (χ0) is 12.4. The Bertz CT molecular complexity index is 561. The van der Waals surface area contributed by atoms with Crippen molar-refractivity contribution in [2.75, 3.05) is 5.32 Å². The Balaban J connectivity index is 2.23. The summed E-state index contributed by atoms with van der Waals surface area (Å²) in [7, 11) is 1.76. The van der Waals surface area contributed by atoms with Gasteiger partial charge < -0.3 is 10.4 Å². The smallest absolute Gasteiger partial charge is 0.259 e. The molecule has 0 unspecified atom stereocenters. The molecule has 1 aromatic heterocycles. The number of para-hydroxylation sites is 1. The van der Waals surface area contributed by atoms with E-state index in [4.69, 9.17) is 0 Å². The summed E-state index contributed by atoms with van der Waals surface area (Å²) in [5.41, 5.74) is 1.52. The fraction of sp³-hybridized carbons (Fsp3) is 0.167. The molecular weight excluding hydrogens is 218 g/mol. The second-order valence-electron chi connectivity index (χ2n) is 3.83. The van der Waals surface area contributed by atoms with Crippen LogP contribution in [0.5, 0.6) is 5.75 Å². The van der Waals surface area contributed by atoms with Gasteiger partial charge in [0.15, 0.2) is 0 Å². The van der Waals surface area contributed by atoms with Crippen molar-refractivity contribution in [3.63, 3.8) is 0 Å². The van der Waals surface area contributed by atoms with E-state index < -0.39 is 0 Å². The predicted molar refractivity (Wildman–Crippen MR) is 64.0 cm³/mol. The van der Waals surface area contributed by atoms with Crippen molar-refractivity contribution in [1.82, 2.24) is 9.78 Å². The largest absolute Gasteiger partial charge is 0.507 e. The number of aromatic hydroxyl groups is 1. The van der Waals surface area contributed by atoms with Gasteiger partial charge >= 0.3 is 0 Å². The van der Waals surface area contributed by atoms with E-state index in [-0.39, 0.29) is 17.2 Å². The van der Waals surface area contributed by atoms with Crippen LogP contribution in [-0.4, -0.2) is 20.8 Å². The third-order valence-corrected chi connectivity index (χ3v) is 2.45. The number of amides is 1. The summed E-state index contributed by atoms with van der Waals surface area (Å²) < 4.78 is 1.59.